The molecule has 0 amide bonds. The number of nitrogens with zero attached hydrogens (tertiary/aromatic N) is 1. The molecule has 0 bridgehead atoms. The Kier molecular flexibility index (Phi) is 3.77. The zero-order chi connectivity index (χ0) is 15.7. The summed E-state index contributed by atoms with van der Waals surface area (Å²) in [4.78, 5) is 14.0. The largest absolute Gasteiger partial charge is 0.508 e. The fourth-order valence-corrected chi connectivity index (χ4v) is 2.48. The van der Waals surface area contributed by atoms with Crippen LogP contribution in [0.5, 0.6) is 5.75 Å². The van der Waals surface area contributed by atoms with Gasteiger partial charge in [-0.2, -0.15) is 0 Å². The van der Waals surface area contributed by atoms with E-state index in [0.29, 0.717) is 28.4 Å². The molecule has 5 heteroatoms. The van der Waals surface area contributed by atoms with Crippen molar-refractivity contribution in [3.05, 3.63) is 69.3 Å². The van der Waals surface area contributed by atoms with Crippen LogP contribution in [0.4, 0.5) is 5.88 Å². The van der Waals surface area contributed by atoms with Gasteiger partial charge in [0.25, 0.3) is 0 Å². The number of para-hydroxylation sites is 1. The molecule has 0 aliphatic heterocycles. The molecule has 1 heterocycles. The van der Waals surface area contributed by atoms with Gasteiger partial charge in [-0.05, 0) is 29.8 Å². The van der Waals surface area contributed by atoms with Gasteiger partial charge in [0.2, 0.25) is 0 Å². The highest BCUT2D eigenvalue weighted by molar-refractivity contribution is 6.34. The van der Waals surface area contributed by atoms with Crippen LogP contribution in [0.15, 0.2) is 57.7 Å². The maximum absolute atomic E-state index is 12.2. The minimum Gasteiger partial charge on any atom is -0.508 e. The molecule has 22 heavy (non-hydrogen) atoms. The Hall–Kier alpha value is -2.46. The quantitative estimate of drug-likeness (QED) is 0.799. The summed E-state index contributed by atoms with van der Waals surface area (Å²) in [7, 11) is 1.83. The molecule has 0 aliphatic rings. The first-order chi connectivity index (χ1) is 10.5. The molecule has 2 aromatic carbocycles. The highest BCUT2D eigenvalue weighted by Crippen LogP contribution is 2.25. The number of aromatic hydroxyl groups is 1. The molecule has 1 aromatic heterocycles. The molecule has 0 aliphatic carbocycles. The Balaban J connectivity index is 1.97. The Morgan fingerprint density at radius 1 is 1.18 bits per heavy atom. The predicted molar refractivity (Wildman–Crippen MR) is 87.7 cm³/mol. The summed E-state index contributed by atoms with van der Waals surface area (Å²) in [5.41, 5.74) is 1.25. The summed E-state index contributed by atoms with van der Waals surface area (Å²) in [5.74, 6) is 0.661. The van der Waals surface area contributed by atoms with Crippen molar-refractivity contribution in [2.24, 2.45) is 0 Å². The second-order valence-corrected chi connectivity index (χ2v) is 5.50. The molecule has 0 fully saturated rings. The number of fused-ring (bicyclic) bond motifs is 1. The number of anilines is 1. The molecule has 3 aromatic rings. The Bertz CT molecular complexity index is 871. The lowest BCUT2D eigenvalue weighted by atomic mass is 10.2. The van der Waals surface area contributed by atoms with Gasteiger partial charge in [-0.15, -0.1) is 0 Å². The van der Waals surface area contributed by atoms with Crippen molar-refractivity contribution < 1.29 is 9.52 Å². The van der Waals surface area contributed by atoms with Crippen molar-refractivity contribution in [3.8, 4) is 5.75 Å². The zero-order valence-electron chi connectivity index (χ0n) is 11.9. The average Bonchev–Trinajstić information content (AvgIpc) is 2.50. The first kappa shape index (κ1) is 14.5. The fourth-order valence-electron chi connectivity index (χ4n) is 2.27. The third-order valence-corrected chi connectivity index (χ3v) is 3.72. The third kappa shape index (κ3) is 2.78. The zero-order valence-corrected chi connectivity index (χ0v) is 12.7. The number of hydrogen-bond donors (Lipinski definition) is 1. The van der Waals surface area contributed by atoms with Crippen LogP contribution >= 0.6 is 11.6 Å². The number of benzene rings is 2. The van der Waals surface area contributed by atoms with Gasteiger partial charge < -0.3 is 14.4 Å². The summed E-state index contributed by atoms with van der Waals surface area (Å²) < 4.78 is 5.78. The average molecular weight is 316 g/mol. The van der Waals surface area contributed by atoms with Gasteiger partial charge in [-0.25, -0.2) is 0 Å². The highest BCUT2D eigenvalue weighted by atomic mass is 35.5. The molecule has 112 valence electrons. The summed E-state index contributed by atoms with van der Waals surface area (Å²) in [6, 6.07) is 13.4. The van der Waals surface area contributed by atoms with Gasteiger partial charge >= 0.3 is 0 Å². The van der Waals surface area contributed by atoms with Crippen LogP contribution in [0.2, 0.25) is 5.02 Å². The van der Waals surface area contributed by atoms with E-state index in [1.807, 2.05) is 24.1 Å². The molecule has 4 nitrogen and oxygen atoms in total. The third-order valence-electron chi connectivity index (χ3n) is 3.43. The molecule has 0 saturated heterocycles. The van der Waals surface area contributed by atoms with Crippen LogP contribution in [0.3, 0.4) is 0 Å². The maximum Gasteiger partial charge on any atom is 0.200 e. The smallest absolute Gasteiger partial charge is 0.200 e. The first-order valence-corrected chi connectivity index (χ1v) is 7.14. The second-order valence-electron chi connectivity index (χ2n) is 5.09. The molecule has 0 radical (unpaired) electrons. The van der Waals surface area contributed by atoms with Gasteiger partial charge in [0.15, 0.2) is 16.9 Å². The molecular weight excluding hydrogens is 302 g/mol. The van der Waals surface area contributed by atoms with Crippen LogP contribution in [-0.2, 0) is 6.54 Å². The van der Waals surface area contributed by atoms with E-state index in [0.717, 1.165) is 5.56 Å². The number of halogens is 1. The topological polar surface area (TPSA) is 53.7 Å². The molecule has 1 N–H and O–H groups in total. The standard InChI is InChI=1S/C17H14ClNO3/c1-19(10-11-5-7-12(20)8-6-11)16-9-15(21)13-3-2-4-14(18)17(13)22-16/h2-9,20H,10H2,1H3. The van der Waals surface area contributed by atoms with Crippen LogP contribution in [-0.4, -0.2) is 12.2 Å². The van der Waals surface area contributed by atoms with Crippen molar-refractivity contribution in [1.29, 1.82) is 0 Å². The fraction of sp³-hybridized carbons (Fsp3) is 0.118. The van der Waals surface area contributed by atoms with Crippen molar-refractivity contribution in [2.45, 2.75) is 6.54 Å². The van der Waals surface area contributed by atoms with E-state index >= 15 is 0 Å². The van der Waals surface area contributed by atoms with Gasteiger partial charge in [0, 0.05) is 19.7 Å². The lowest BCUT2D eigenvalue weighted by Gasteiger charge is -2.18. The number of rotatable bonds is 3. The maximum atomic E-state index is 12.2. The summed E-state index contributed by atoms with van der Waals surface area (Å²) >= 11 is 6.10. The lowest BCUT2D eigenvalue weighted by Crippen LogP contribution is -2.18. The van der Waals surface area contributed by atoms with E-state index < -0.39 is 0 Å². The van der Waals surface area contributed by atoms with Gasteiger partial charge in [-0.1, -0.05) is 29.8 Å². The van der Waals surface area contributed by atoms with E-state index in [1.165, 1.54) is 6.07 Å². The van der Waals surface area contributed by atoms with E-state index in [1.54, 1.807) is 30.3 Å². The van der Waals surface area contributed by atoms with Crippen molar-refractivity contribution in [1.82, 2.24) is 0 Å². The first-order valence-electron chi connectivity index (χ1n) is 6.76. The Morgan fingerprint density at radius 2 is 1.91 bits per heavy atom. The van der Waals surface area contributed by atoms with Crippen molar-refractivity contribution >= 4 is 28.5 Å². The Labute approximate surface area is 132 Å². The van der Waals surface area contributed by atoms with E-state index in [4.69, 9.17) is 16.0 Å². The van der Waals surface area contributed by atoms with Crippen LogP contribution in [0, 0.1) is 0 Å². The molecule has 3 rings (SSSR count). The van der Waals surface area contributed by atoms with Crippen LogP contribution in [0.1, 0.15) is 5.56 Å². The van der Waals surface area contributed by atoms with Gasteiger partial charge in [0.05, 0.1) is 10.4 Å². The number of phenols is 1. The molecule has 0 atom stereocenters. The molecule has 0 saturated carbocycles. The number of hydrogen-bond acceptors (Lipinski definition) is 4. The summed E-state index contributed by atoms with van der Waals surface area (Å²) in [5, 5.41) is 10.2. The van der Waals surface area contributed by atoms with Crippen molar-refractivity contribution in [3.63, 3.8) is 0 Å². The minimum absolute atomic E-state index is 0.128. The van der Waals surface area contributed by atoms with Gasteiger partial charge in [0.1, 0.15) is 5.75 Å². The lowest BCUT2D eigenvalue weighted by molar-refractivity contribution is 0.475. The summed E-state index contributed by atoms with van der Waals surface area (Å²) in [6.07, 6.45) is 0. The van der Waals surface area contributed by atoms with Crippen LogP contribution in [0.25, 0.3) is 11.0 Å². The molecular formula is C17H14ClNO3. The summed E-state index contributed by atoms with van der Waals surface area (Å²) in [6.45, 7) is 0.541. The SMILES string of the molecule is CN(Cc1ccc(O)cc1)c1cc(=O)c2cccc(Cl)c2o1. The van der Waals surface area contributed by atoms with E-state index in [2.05, 4.69) is 0 Å². The monoisotopic (exact) mass is 315 g/mol. The highest BCUT2D eigenvalue weighted by Gasteiger charge is 2.11. The molecule has 0 unspecified atom stereocenters. The normalized spacial score (nSPS) is 10.8. The van der Waals surface area contributed by atoms with Crippen LogP contribution < -0.4 is 10.3 Å². The predicted octanol–water partition coefficient (Wildman–Crippen LogP) is 3.79. The second kappa shape index (κ2) is 5.73. The van der Waals surface area contributed by atoms with Crippen molar-refractivity contribution in [2.75, 3.05) is 11.9 Å². The van der Waals surface area contributed by atoms with Gasteiger partial charge in [-0.3, -0.25) is 4.79 Å². The van der Waals surface area contributed by atoms with E-state index in [9.17, 15) is 9.90 Å². The van der Waals surface area contributed by atoms with E-state index in [-0.39, 0.29) is 11.2 Å². The Morgan fingerprint density at radius 3 is 2.64 bits per heavy atom. The minimum atomic E-state index is -0.128. The number of phenolic OH excluding ortho intramolecular Hbond substituents is 1. The molecule has 0 spiro atoms.